The summed E-state index contributed by atoms with van der Waals surface area (Å²) in [6.07, 6.45) is 5.61. The lowest BCUT2D eigenvalue weighted by molar-refractivity contribution is 1.08. The number of pyridine rings is 1. The van der Waals surface area contributed by atoms with Gasteiger partial charge in [-0.2, -0.15) is 5.10 Å². The molecule has 0 fully saturated rings. The zero-order chi connectivity index (χ0) is 12.9. The smallest absolute Gasteiger partial charge is 0.200 e. The number of benzene rings is 1. The summed E-state index contributed by atoms with van der Waals surface area (Å²) in [5, 5.41) is 7.04. The molecule has 0 unspecified atom stereocenters. The fourth-order valence-corrected chi connectivity index (χ4v) is 1.70. The Balaban J connectivity index is 1.81. The van der Waals surface area contributed by atoms with Crippen LogP contribution >= 0.6 is 0 Å². The van der Waals surface area contributed by atoms with E-state index in [0.29, 0.717) is 11.6 Å². The molecular weight excluding hydrogens is 236 g/mol. The summed E-state index contributed by atoms with van der Waals surface area (Å²) in [5.41, 5.74) is 1.89. The fraction of sp³-hybridized carbons (Fsp3) is 0. The van der Waals surface area contributed by atoms with Gasteiger partial charge < -0.3 is 0 Å². The minimum absolute atomic E-state index is 0.605. The first-order valence-electron chi connectivity index (χ1n) is 5.99. The molecule has 0 saturated carbocycles. The third-order valence-corrected chi connectivity index (χ3v) is 2.63. The molecule has 0 saturated heterocycles. The summed E-state index contributed by atoms with van der Waals surface area (Å²) in [5.74, 6) is 1.32. The van der Waals surface area contributed by atoms with Crippen LogP contribution in [0.4, 0.5) is 0 Å². The predicted octanol–water partition coefficient (Wildman–Crippen LogP) is 3.04. The Kier molecular flexibility index (Phi) is 3.14. The first-order chi connectivity index (χ1) is 9.42. The molecule has 0 atom stereocenters. The highest BCUT2D eigenvalue weighted by Crippen LogP contribution is 2.11. The van der Waals surface area contributed by atoms with Crippen molar-refractivity contribution in [1.29, 1.82) is 0 Å². The van der Waals surface area contributed by atoms with E-state index in [9.17, 15) is 0 Å². The number of nitrogens with one attached hydrogen (secondary N) is 1. The average Bonchev–Trinajstić information content (AvgIpc) is 2.96. The third-order valence-electron chi connectivity index (χ3n) is 2.63. The van der Waals surface area contributed by atoms with Crippen LogP contribution in [0.1, 0.15) is 11.4 Å². The van der Waals surface area contributed by atoms with E-state index < -0.39 is 0 Å². The van der Waals surface area contributed by atoms with Crippen molar-refractivity contribution < 1.29 is 0 Å². The van der Waals surface area contributed by atoms with Crippen LogP contribution in [0.3, 0.4) is 0 Å². The highest BCUT2D eigenvalue weighted by Gasteiger charge is 2.03. The third kappa shape index (κ3) is 2.74. The van der Waals surface area contributed by atoms with E-state index >= 15 is 0 Å². The topological polar surface area (TPSA) is 54.5 Å². The van der Waals surface area contributed by atoms with Gasteiger partial charge in [-0.3, -0.25) is 10.1 Å². The van der Waals surface area contributed by atoms with Crippen molar-refractivity contribution in [1.82, 2.24) is 20.2 Å². The van der Waals surface area contributed by atoms with Gasteiger partial charge in [-0.1, -0.05) is 42.5 Å². The van der Waals surface area contributed by atoms with E-state index in [2.05, 4.69) is 20.2 Å². The second kappa shape index (κ2) is 5.27. The molecule has 0 aliphatic rings. The van der Waals surface area contributed by atoms with Gasteiger partial charge >= 0.3 is 0 Å². The number of aromatic amines is 1. The first-order valence-corrected chi connectivity index (χ1v) is 5.99. The maximum Gasteiger partial charge on any atom is 0.200 e. The van der Waals surface area contributed by atoms with Crippen LogP contribution in [0.15, 0.2) is 54.7 Å². The summed E-state index contributed by atoms with van der Waals surface area (Å²) in [4.78, 5) is 8.59. The molecule has 0 aliphatic heterocycles. The molecule has 0 bridgehead atoms. The number of H-pyrrole nitrogens is 1. The van der Waals surface area contributed by atoms with Crippen molar-refractivity contribution in [2.45, 2.75) is 0 Å². The highest BCUT2D eigenvalue weighted by atomic mass is 15.2. The van der Waals surface area contributed by atoms with Crippen LogP contribution in [0.25, 0.3) is 23.7 Å². The molecule has 4 nitrogen and oxygen atoms in total. The standard InChI is InChI=1S/C15H12N4/c1-2-6-12(7-3-1)9-10-14-17-15(19-18-14)13-8-4-5-11-16-13/h1-11H,(H,17,18,19)/b10-9+. The second-order valence-electron chi connectivity index (χ2n) is 4.00. The minimum Gasteiger partial charge on any atom is -0.259 e. The Morgan fingerprint density at radius 1 is 0.895 bits per heavy atom. The molecule has 0 aliphatic carbocycles. The molecule has 0 radical (unpaired) electrons. The van der Waals surface area contributed by atoms with Crippen LogP contribution in [-0.2, 0) is 0 Å². The van der Waals surface area contributed by atoms with E-state index in [4.69, 9.17) is 0 Å². The van der Waals surface area contributed by atoms with Crippen LogP contribution in [0, 0.1) is 0 Å². The van der Waals surface area contributed by atoms with Crippen molar-refractivity contribution in [3.05, 3.63) is 66.1 Å². The molecule has 92 valence electrons. The molecule has 3 rings (SSSR count). The predicted molar refractivity (Wildman–Crippen MR) is 75.0 cm³/mol. The van der Waals surface area contributed by atoms with Crippen LogP contribution in [-0.4, -0.2) is 20.2 Å². The molecule has 19 heavy (non-hydrogen) atoms. The number of rotatable bonds is 3. The molecule has 1 aromatic carbocycles. The van der Waals surface area contributed by atoms with Crippen molar-refractivity contribution in [2.24, 2.45) is 0 Å². The lowest BCUT2D eigenvalue weighted by Crippen LogP contribution is -1.83. The lowest BCUT2D eigenvalue weighted by Gasteiger charge is -1.90. The Bertz CT molecular complexity index is 672. The van der Waals surface area contributed by atoms with Gasteiger partial charge in [0.1, 0.15) is 11.5 Å². The van der Waals surface area contributed by atoms with Gasteiger partial charge in [-0.05, 0) is 23.8 Å². The van der Waals surface area contributed by atoms with E-state index in [-0.39, 0.29) is 0 Å². The van der Waals surface area contributed by atoms with Crippen molar-refractivity contribution >= 4 is 12.2 Å². The fourth-order valence-electron chi connectivity index (χ4n) is 1.70. The van der Waals surface area contributed by atoms with Gasteiger partial charge in [0.2, 0.25) is 0 Å². The molecule has 2 heterocycles. The Labute approximate surface area is 110 Å². The maximum atomic E-state index is 4.38. The van der Waals surface area contributed by atoms with E-state index in [1.807, 2.05) is 60.7 Å². The van der Waals surface area contributed by atoms with Gasteiger partial charge in [0.15, 0.2) is 5.82 Å². The molecule has 0 spiro atoms. The maximum absolute atomic E-state index is 4.38. The molecule has 2 aromatic heterocycles. The van der Waals surface area contributed by atoms with Gasteiger partial charge in [0.05, 0.1) is 0 Å². The van der Waals surface area contributed by atoms with E-state index in [1.165, 1.54) is 0 Å². The molecule has 1 N–H and O–H groups in total. The number of hydrogen-bond donors (Lipinski definition) is 1. The number of nitrogens with zero attached hydrogens (tertiary/aromatic N) is 3. The summed E-state index contributed by atoms with van der Waals surface area (Å²) in [6, 6.07) is 15.7. The first kappa shape index (κ1) is 11.3. The summed E-state index contributed by atoms with van der Waals surface area (Å²) < 4.78 is 0. The Hall–Kier alpha value is -2.75. The van der Waals surface area contributed by atoms with Crippen LogP contribution in [0.2, 0.25) is 0 Å². The zero-order valence-corrected chi connectivity index (χ0v) is 10.2. The van der Waals surface area contributed by atoms with Gasteiger partial charge in [0, 0.05) is 6.20 Å². The molecular formula is C15H12N4. The quantitative estimate of drug-likeness (QED) is 0.775. The van der Waals surface area contributed by atoms with E-state index in [0.717, 1.165) is 11.3 Å². The Morgan fingerprint density at radius 3 is 2.53 bits per heavy atom. The second-order valence-corrected chi connectivity index (χ2v) is 4.00. The SMILES string of the molecule is C(=C\c1nc(-c2ccccn2)n[nH]1)/c1ccccc1. The van der Waals surface area contributed by atoms with Gasteiger partial charge in [-0.25, -0.2) is 4.98 Å². The van der Waals surface area contributed by atoms with E-state index in [1.54, 1.807) is 6.20 Å². The van der Waals surface area contributed by atoms with Crippen molar-refractivity contribution in [3.63, 3.8) is 0 Å². The summed E-state index contributed by atoms with van der Waals surface area (Å²) in [6.45, 7) is 0. The zero-order valence-electron chi connectivity index (χ0n) is 10.2. The van der Waals surface area contributed by atoms with Crippen molar-refractivity contribution in [2.75, 3.05) is 0 Å². The van der Waals surface area contributed by atoms with Crippen molar-refractivity contribution in [3.8, 4) is 11.5 Å². The molecule has 0 amide bonds. The largest absolute Gasteiger partial charge is 0.259 e. The molecule has 3 aromatic rings. The monoisotopic (exact) mass is 248 g/mol. The lowest BCUT2D eigenvalue weighted by atomic mass is 10.2. The number of hydrogen-bond acceptors (Lipinski definition) is 3. The Morgan fingerprint density at radius 2 is 1.74 bits per heavy atom. The minimum atomic E-state index is 0.605. The van der Waals surface area contributed by atoms with Crippen LogP contribution < -0.4 is 0 Å². The molecule has 4 heteroatoms. The average molecular weight is 248 g/mol. The normalized spacial score (nSPS) is 10.9. The van der Waals surface area contributed by atoms with Crippen LogP contribution in [0.5, 0.6) is 0 Å². The summed E-state index contributed by atoms with van der Waals surface area (Å²) >= 11 is 0. The number of aromatic nitrogens is 4. The highest BCUT2D eigenvalue weighted by molar-refractivity contribution is 5.67. The summed E-state index contributed by atoms with van der Waals surface area (Å²) in [7, 11) is 0. The van der Waals surface area contributed by atoms with Gasteiger partial charge in [-0.15, -0.1) is 0 Å². The van der Waals surface area contributed by atoms with Gasteiger partial charge in [0.25, 0.3) is 0 Å².